The van der Waals surface area contributed by atoms with E-state index in [1.54, 1.807) is 0 Å². The van der Waals surface area contributed by atoms with Gasteiger partial charge in [-0.15, -0.1) is 5.10 Å². The summed E-state index contributed by atoms with van der Waals surface area (Å²) in [7, 11) is 0. The van der Waals surface area contributed by atoms with Crippen LogP contribution < -0.4 is 5.56 Å². The number of morpholine rings is 1. The van der Waals surface area contributed by atoms with Gasteiger partial charge in [-0.25, -0.2) is 4.68 Å². The number of nitrogens with one attached hydrogen (secondary N) is 1. The Bertz CT molecular complexity index is 1210. The van der Waals surface area contributed by atoms with E-state index in [-0.39, 0.29) is 17.5 Å². The molecular weight excluding hydrogens is 454 g/mol. The largest absolute Gasteiger partial charge is 0.379 e. The average molecular weight is 494 g/mol. The van der Waals surface area contributed by atoms with Gasteiger partial charge in [0.25, 0.3) is 5.56 Å². The molecule has 2 aromatic heterocycles. The van der Waals surface area contributed by atoms with Gasteiger partial charge < -0.3 is 9.72 Å². The summed E-state index contributed by atoms with van der Waals surface area (Å²) in [6.07, 6.45) is 4.70. The number of aromatic nitrogens is 5. The van der Waals surface area contributed by atoms with Crippen molar-refractivity contribution in [3.05, 3.63) is 51.6 Å². The molecule has 5 rings (SSSR count). The predicted molar refractivity (Wildman–Crippen MR) is 140 cm³/mol. The highest BCUT2D eigenvalue weighted by Gasteiger charge is 2.33. The van der Waals surface area contributed by atoms with Crippen LogP contribution in [0.3, 0.4) is 0 Å². The van der Waals surface area contributed by atoms with Gasteiger partial charge in [0.1, 0.15) is 0 Å². The number of fused-ring (bicyclic) bond motifs is 1. The normalized spacial score (nSPS) is 18.6. The molecule has 1 aliphatic heterocycles. The Morgan fingerprint density at radius 2 is 1.94 bits per heavy atom. The van der Waals surface area contributed by atoms with E-state index in [4.69, 9.17) is 4.74 Å². The Labute approximate surface area is 212 Å². The van der Waals surface area contributed by atoms with Gasteiger partial charge in [-0.05, 0) is 59.7 Å². The Morgan fingerprint density at radius 3 is 2.69 bits per heavy atom. The maximum Gasteiger partial charge on any atom is 0.252 e. The van der Waals surface area contributed by atoms with Crippen molar-refractivity contribution >= 4 is 10.9 Å². The second kappa shape index (κ2) is 11.2. The van der Waals surface area contributed by atoms with Gasteiger partial charge in [0.05, 0.1) is 25.3 Å². The molecule has 1 aliphatic carbocycles. The van der Waals surface area contributed by atoms with E-state index >= 15 is 0 Å². The van der Waals surface area contributed by atoms with Gasteiger partial charge in [-0.1, -0.05) is 38.3 Å². The Hall–Kier alpha value is -2.62. The van der Waals surface area contributed by atoms with Crippen LogP contribution in [0.5, 0.6) is 0 Å². The molecule has 194 valence electrons. The molecule has 0 amide bonds. The lowest BCUT2D eigenvalue weighted by molar-refractivity contribution is 0.0267. The van der Waals surface area contributed by atoms with E-state index in [2.05, 4.69) is 67.9 Å². The molecule has 3 aromatic rings. The Morgan fingerprint density at radius 1 is 1.17 bits per heavy atom. The number of hydrogen-bond acceptors (Lipinski definition) is 7. The number of nitrogens with zero attached hydrogens (tertiary/aromatic N) is 6. The van der Waals surface area contributed by atoms with Crippen LogP contribution in [-0.2, 0) is 11.3 Å². The zero-order valence-electron chi connectivity index (χ0n) is 21.8. The van der Waals surface area contributed by atoms with Gasteiger partial charge >= 0.3 is 0 Å². The van der Waals surface area contributed by atoms with E-state index < -0.39 is 0 Å². The highest BCUT2D eigenvalue weighted by molar-refractivity contribution is 5.79. The molecule has 3 heterocycles. The minimum absolute atomic E-state index is 0.00856. The van der Waals surface area contributed by atoms with Gasteiger partial charge in [0.15, 0.2) is 5.82 Å². The molecule has 2 aliphatic rings. The molecule has 9 nitrogen and oxygen atoms in total. The summed E-state index contributed by atoms with van der Waals surface area (Å²) >= 11 is 0. The van der Waals surface area contributed by atoms with E-state index in [0.29, 0.717) is 12.6 Å². The lowest BCUT2D eigenvalue weighted by Gasteiger charge is -2.36. The van der Waals surface area contributed by atoms with Crippen LogP contribution >= 0.6 is 0 Å². The molecule has 1 saturated heterocycles. The maximum absolute atomic E-state index is 13.2. The van der Waals surface area contributed by atoms with Crippen molar-refractivity contribution in [2.24, 2.45) is 5.92 Å². The fourth-order valence-corrected chi connectivity index (χ4v) is 5.81. The number of hydrogen-bond donors (Lipinski definition) is 1. The molecule has 0 spiro atoms. The fraction of sp³-hybridized carbons (Fsp3) is 0.630. The molecule has 0 bridgehead atoms. The average Bonchev–Trinajstić information content (AvgIpc) is 3.56. The van der Waals surface area contributed by atoms with Crippen molar-refractivity contribution in [3.63, 3.8) is 0 Å². The first-order chi connectivity index (χ1) is 17.5. The lowest BCUT2D eigenvalue weighted by atomic mass is 9.99. The second-order valence-electron chi connectivity index (χ2n) is 10.7. The quantitative estimate of drug-likeness (QED) is 0.488. The third-order valence-electron chi connectivity index (χ3n) is 7.74. The van der Waals surface area contributed by atoms with Crippen molar-refractivity contribution in [2.75, 3.05) is 39.4 Å². The van der Waals surface area contributed by atoms with Crippen LogP contribution in [0, 0.1) is 12.8 Å². The highest BCUT2D eigenvalue weighted by atomic mass is 16.5. The summed E-state index contributed by atoms with van der Waals surface area (Å²) in [5, 5.41) is 14.2. The van der Waals surface area contributed by atoms with Gasteiger partial charge in [-0.3, -0.25) is 14.6 Å². The zero-order chi connectivity index (χ0) is 25.1. The van der Waals surface area contributed by atoms with Gasteiger partial charge in [0.2, 0.25) is 0 Å². The smallest absolute Gasteiger partial charge is 0.252 e. The van der Waals surface area contributed by atoms with E-state index in [9.17, 15) is 4.79 Å². The molecule has 0 radical (unpaired) electrons. The van der Waals surface area contributed by atoms with Gasteiger partial charge in [0, 0.05) is 43.8 Å². The molecule has 1 saturated carbocycles. The lowest BCUT2D eigenvalue weighted by Crippen LogP contribution is -2.44. The number of aromatic amines is 1. The fourth-order valence-electron chi connectivity index (χ4n) is 5.81. The summed E-state index contributed by atoms with van der Waals surface area (Å²) in [5.74, 6) is 1.20. The second-order valence-corrected chi connectivity index (χ2v) is 10.7. The molecule has 1 atom stereocenters. The minimum Gasteiger partial charge on any atom is -0.379 e. The minimum atomic E-state index is -0.0272. The number of rotatable bonds is 9. The van der Waals surface area contributed by atoms with Crippen molar-refractivity contribution in [1.29, 1.82) is 0 Å². The molecule has 36 heavy (non-hydrogen) atoms. The van der Waals surface area contributed by atoms with Crippen molar-refractivity contribution in [1.82, 2.24) is 35.0 Å². The van der Waals surface area contributed by atoms with Crippen LogP contribution in [0.2, 0.25) is 0 Å². The summed E-state index contributed by atoms with van der Waals surface area (Å²) < 4.78 is 7.63. The molecule has 9 heteroatoms. The molecule has 0 unspecified atom stereocenters. The highest BCUT2D eigenvalue weighted by Crippen LogP contribution is 2.34. The topological polar surface area (TPSA) is 92.2 Å². The van der Waals surface area contributed by atoms with Crippen LogP contribution in [0.1, 0.15) is 68.6 Å². The first-order valence-corrected chi connectivity index (χ1v) is 13.4. The molecule has 2 fully saturated rings. The molecule has 1 aromatic carbocycles. The number of pyridine rings is 1. The first-order valence-electron chi connectivity index (χ1n) is 13.4. The van der Waals surface area contributed by atoms with Crippen LogP contribution in [0.15, 0.2) is 29.1 Å². The van der Waals surface area contributed by atoms with Crippen molar-refractivity contribution in [3.8, 4) is 0 Å². The molecular formula is C27H39N7O2. The van der Waals surface area contributed by atoms with Crippen LogP contribution in [0.4, 0.5) is 0 Å². The summed E-state index contributed by atoms with van der Waals surface area (Å²) in [6.45, 7) is 12.3. The number of ether oxygens (including phenoxy) is 1. The number of benzene rings is 1. The summed E-state index contributed by atoms with van der Waals surface area (Å²) in [4.78, 5) is 21.1. The standard InChI is InChI=1S/C27H39N7O2/c1-19(2)25(26-29-30-31-34(26)23-6-4-5-7-23)33(11-10-32-12-14-36-15-13-32)18-22-17-21-16-20(3)8-9-24(21)28-27(22)35/h8-9,16-17,19,23,25H,4-7,10-15,18H2,1-3H3,(H,28,35)/t25-/m1/s1. The first kappa shape index (κ1) is 25.0. The van der Waals surface area contributed by atoms with Gasteiger partial charge in [-0.2, -0.15) is 0 Å². The number of H-pyrrole nitrogens is 1. The Balaban J connectivity index is 1.48. The van der Waals surface area contributed by atoms with E-state index in [1.165, 1.54) is 18.4 Å². The van der Waals surface area contributed by atoms with Crippen LogP contribution in [-0.4, -0.2) is 74.4 Å². The monoisotopic (exact) mass is 493 g/mol. The van der Waals surface area contributed by atoms with E-state index in [0.717, 1.165) is 74.5 Å². The third-order valence-corrected chi connectivity index (χ3v) is 7.74. The summed E-state index contributed by atoms with van der Waals surface area (Å²) in [5.41, 5.74) is 2.81. The third kappa shape index (κ3) is 5.53. The number of aryl methyl sites for hydroxylation is 1. The maximum atomic E-state index is 13.2. The zero-order valence-corrected chi connectivity index (χ0v) is 21.8. The van der Waals surface area contributed by atoms with Crippen molar-refractivity contribution in [2.45, 2.75) is 65.1 Å². The summed E-state index contributed by atoms with van der Waals surface area (Å²) in [6, 6.07) is 8.58. The Kier molecular flexibility index (Phi) is 7.79. The van der Waals surface area contributed by atoms with E-state index in [1.807, 2.05) is 12.1 Å². The SMILES string of the molecule is Cc1ccc2[nH]c(=O)c(CN(CCN3CCOCC3)[C@@H](c3nnnn3C3CCCC3)C(C)C)cc2c1. The molecule has 1 N–H and O–H groups in total. The van der Waals surface area contributed by atoms with Crippen LogP contribution in [0.25, 0.3) is 10.9 Å². The number of tetrazole rings is 1. The van der Waals surface area contributed by atoms with Crippen molar-refractivity contribution < 1.29 is 4.74 Å². The predicted octanol–water partition coefficient (Wildman–Crippen LogP) is 3.47.